The van der Waals surface area contributed by atoms with Gasteiger partial charge in [-0.2, -0.15) is 0 Å². The Labute approximate surface area is 98.8 Å². The van der Waals surface area contributed by atoms with Crippen molar-refractivity contribution in [2.45, 2.75) is 45.7 Å². The number of rotatable bonds is 7. The second kappa shape index (κ2) is 7.18. The van der Waals surface area contributed by atoms with Gasteiger partial charge in [-0.3, -0.25) is 4.98 Å². The smallest absolute Gasteiger partial charge is 0.0544 e. The fourth-order valence-electron chi connectivity index (χ4n) is 1.72. The molecule has 0 saturated carbocycles. The molecule has 2 heteroatoms. The summed E-state index contributed by atoms with van der Waals surface area (Å²) < 4.78 is 0. The Bertz CT molecular complexity index is 320. The molecule has 0 fully saturated rings. The lowest BCUT2D eigenvalue weighted by Gasteiger charge is -2.15. The molecule has 1 aromatic rings. The lowest BCUT2D eigenvalue weighted by molar-refractivity contribution is 0.467. The predicted molar refractivity (Wildman–Crippen MR) is 69.3 cm³/mol. The Morgan fingerprint density at radius 1 is 1.50 bits per heavy atom. The van der Waals surface area contributed by atoms with Crippen molar-refractivity contribution in [3.05, 3.63) is 42.2 Å². The molecule has 0 saturated heterocycles. The summed E-state index contributed by atoms with van der Waals surface area (Å²) in [6, 6.07) is 6.73. The van der Waals surface area contributed by atoms with E-state index < -0.39 is 0 Å². The van der Waals surface area contributed by atoms with E-state index in [1.54, 1.807) is 0 Å². The van der Waals surface area contributed by atoms with Crippen LogP contribution in [0.15, 0.2) is 30.9 Å². The molecule has 0 spiro atoms. The normalized spacial score (nSPS) is 12.4. The van der Waals surface area contributed by atoms with Crippen molar-refractivity contribution in [3.63, 3.8) is 0 Å². The molecule has 0 amide bonds. The Hall–Kier alpha value is -1.15. The minimum atomic E-state index is 0.570. The van der Waals surface area contributed by atoms with E-state index in [4.69, 9.17) is 0 Å². The third kappa shape index (κ3) is 4.58. The molecular weight excluding hydrogens is 196 g/mol. The Kier molecular flexibility index (Phi) is 5.79. The van der Waals surface area contributed by atoms with E-state index >= 15 is 0 Å². The number of pyridine rings is 1. The summed E-state index contributed by atoms with van der Waals surface area (Å²) >= 11 is 0. The first kappa shape index (κ1) is 12.9. The number of hydrogen-bond acceptors (Lipinski definition) is 2. The van der Waals surface area contributed by atoms with Crippen molar-refractivity contribution in [2.24, 2.45) is 0 Å². The van der Waals surface area contributed by atoms with Crippen molar-refractivity contribution in [1.29, 1.82) is 0 Å². The SMILES string of the molecule is C=CCC[C@@H](CC)NCc1cccc(C)n1. The Morgan fingerprint density at radius 2 is 2.31 bits per heavy atom. The molecule has 1 rings (SSSR count). The highest BCUT2D eigenvalue weighted by molar-refractivity contribution is 5.09. The van der Waals surface area contributed by atoms with E-state index in [9.17, 15) is 0 Å². The molecule has 2 nitrogen and oxygen atoms in total. The lowest BCUT2D eigenvalue weighted by Crippen LogP contribution is -2.28. The second-order valence-corrected chi connectivity index (χ2v) is 4.12. The zero-order valence-corrected chi connectivity index (χ0v) is 10.4. The molecule has 0 aliphatic rings. The molecule has 0 radical (unpaired) electrons. The van der Waals surface area contributed by atoms with Gasteiger partial charge in [-0.05, 0) is 38.3 Å². The molecule has 1 N–H and O–H groups in total. The van der Waals surface area contributed by atoms with Crippen LogP contribution in [0.2, 0.25) is 0 Å². The maximum atomic E-state index is 4.48. The van der Waals surface area contributed by atoms with Crippen LogP contribution in [0, 0.1) is 6.92 Å². The van der Waals surface area contributed by atoms with Crippen LogP contribution in [0.1, 0.15) is 37.6 Å². The third-order valence-corrected chi connectivity index (χ3v) is 2.73. The van der Waals surface area contributed by atoms with Gasteiger partial charge in [-0.15, -0.1) is 6.58 Å². The van der Waals surface area contributed by atoms with E-state index in [1.807, 2.05) is 19.1 Å². The van der Waals surface area contributed by atoms with Gasteiger partial charge in [0.05, 0.1) is 5.69 Å². The molecule has 16 heavy (non-hydrogen) atoms. The summed E-state index contributed by atoms with van der Waals surface area (Å²) in [6.45, 7) is 8.85. The number of allylic oxidation sites excluding steroid dienone is 1. The molecule has 0 aromatic carbocycles. The van der Waals surface area contributed by atoms with Crippen LogP contribution in [-0.4, -0.2) is 11.0 Å². The molecule has 0 aliphatic carbocycles. The summed E-state index contributed by atoms with van der Waals surface area (Å²) in [5.74, 6) is 0. The topological polar surface area (TPSA) is 24.9 Å². The van der Waals surface area contributed by atoms with Crippen LogP contribution in [0.5, 0.6) is 0 Å². The van der Waals surface area contributed by atoms with E-state index in [1.165, 1.54) is 0 Å². The van der Waals surface area contributed by atoms with Crippen molar-refractivity contribution >= 4 is 0 Å². The average molecular weight is 218 g/mol. The average Bonchev–Trinajstić information content (AvgIpc) is 2.29. The zero-order chi connectivity index (χ0) is 11.8. The van der Waals surface area contributed by atoms with Crippen molar-refractivity contribution < 1.29 is 0 Å². The first-order valence-corrected chi connectivity index (χ1v) is 6.03. The Balaban J connectivity index is 2.39. The summed E-state index contributed by atoms with van der Waals surface area (Å²) in [5.41, 5.74) is 2.20. The second-order valence-electron chi connectivity index (χ2n) is 4.12. The number of aryl methyl sites for hydroxylation is 1. The maximum absolute atomic E-state index is 4.48. The molecule has 88 valence electrons. The standard InChI is InChI=1S/C14H22N2/c1-4-6-9-13(5-2)15-11-14-10-7-8-12(3)16-14/h4,7-8,10,13,15H,1,5-6,9,11H2,2-3H3/t13-/m1/s1. The fourth-order valence-corrected chi connectivity index (χ4v) is 1.72. The van der Waals surface area contributed by atoms with Gasteiger partial charge in [0.1, 0.15) is 0 Å². The van der Waals surface area contributed by atoms with Gasteiger partial charge in [0.2, 0.25) is 0 Å². The summed E-state index contributed by atoms with van der Waals surface area (Å²) in [4.78, 5) is 4.48. The van der Waals surface area contributed by atoms with Gasteiger partial charge in [0.25, 0.3) is 0 Å². The van der Waals surface area contributed by atoms with E-state index in [0.717, 1.165) is 37.2 Å². The largest absolute Gasteiger partial charge is 0.308 e. The van der Waals surface area contributed by atoms with Crippen molar-refractivity contribution in [1.82, 2.24) is 10.3 Å². The molecular formula is C14H22N2. The zero-order valence-electron chi connectivity index (χ0n) is 10.4. The van der Waals surface area contributed by atoms with E-state index in [-0.39, 0.29) is 0 Å². The number of nitrogens with zero attached hydrogens (tertiary/aromatic N) is 1. The van der Waals surface area contributed by atoms with Crippen LogP contribution in [-0.2, 0) is 6.54 Å². The Morgan fingerprint density at radius 3 is 2.94 bits per heavy atom. The minimum absolute atomic E-state index is 0.570. The van der Waals surface area contributed by atoms with Crippen molar-refractivity contribution in [3.8, 4) is 0 Å². The van der Waals surface area contributed by atoms with Crippen LogP contribution in [0.4, 0.5) is 0 Å². The van der Waals surface area contributed by atoms with Gasteiger partial charge < -0.3 is 5.32 Å². The first-order valence-electron chi connectivity index (χ1n) is 6.03. The summed E-state index contributed by atoms with van der Waals surface area (Å²) in [6.07, 6.45) is 5.37. The van der Waals surface area contributed by atoms with Gasteiger partial charge in [-0.1, -0.05) is 19.1 Å². The number of nitrogens with one attached hydrogen (secondary N) is 1. The summed E-state index contributed by atoms with van der Waals surface area (Å²) in [7, 11) is 0. The number of hydrogen-bond donors (Lipinski definition) is 1. The monoisotopic (exact) mass is 218 g/mol. The fraction of sp³-hybridized carbons (Fsp3) is 0.500. The van der Waals surface area contributed by atoms with Crippen LogP contribution in [0.3, 0.4) is 0 Å². The van der Waals surface area contributed by atoms with Gasteiger partial charge in [0, 0.05) is 18.3 Å². The molecule has 0 aliphatic heterocycles. The van der Waals surface area contributed by atoms with Crippen LogP contribution < -0.4 is 5.32 Å². The van der Waals surface area contributed by atoms with Gasteiger partial charge >= 0.3 is 0 Å². The lowest BCUT2D eigenvalue weighted by atomic mass is 10.1. The molecule has 0 bridgehead atoms. The summed E-state index contributed by atoms with van der Waals surface area (Å²) in [5, 5.41) is 3.54. The maximum Gasteiger partial charge on any atom is 0.0544 e. The molecule has 1 aromatic heterocycles. The van der Waals surface area contributed by atoms with Gasteiger partial charge in [0.15, 0.2) is 0 Å². The van der Waals surface area contributed by atoms with Crippen LogP contribution in [0.25, 0.3) is 0 Å². The van der Waals surface area contributed by atoms with Crippen molar-refractivity contribution in [2.75, 3.05) is 0 Å². The first-order chi connectivity index (χ1) is 7.76. The van der Waals surface area contributed by atoms with Gasteiger partial charge in [-0.25, -0.2) is 0 Å². The quantitative estimate of drug-likeness (QED) is 0.711. The molecule has 1 atom stereocenters. The minimum Gasteiger partial charge on any atom is -0.308 e. The van der Waals surface area contributed by atoms with E-state index in [0.29, 0.717) is 6.04 Å². The predicted octanol–water partition coefficient (Wildman–Crippen LogP) is 3.22. The highest BCUT2D eigenvalue weighted by atomic mass is 14.9. The highest BCUT2D eigenvalue weighted by Crippen LogP contribution is 2.04. The molecule has 0 unspecified atom stereocenters. The van der Waals surface area contributed by atoms with Crippen LogP contribution >= 0.6 is 0 Å². The molecule has 1 heterocycles. The van der Waals surface area contributed by atoms with E-state index in [2.05, 4.69) is 35.9 Å². The highest BCUT2D eigenvalue weighted by Gasteiger charge is 2.04. The number of aromatic nitrogens is 1. The third-order valence-electron chi connectivity index (χ3n) is 2.73.